The van der Waals surface area contributed by atoms with Gasteiger partial charge in [0.05, 0.1) is 11.2 Å². The number of fused-ring (bicyclic) bond motifs is 3. The molecule has 2 aromatic heterocycles. The Morgan fingerprint density at radius 3 is 2.80 bits per heavy atom. The van der Waals surface area contributed by atoms with E-state index in [2.05, 4.69) is 9.97 Å². The average Bonchev–Trinajstić information content (AvgIpc) is 2.73. The third-order valence-corrected chi connectivity index (χ3v) is 2.50. The van der Waals surface area contributed by atoms with Crippen LogP contribution in [-0.2, 0) is 0 Å². The number of aromatic nitrogens is 2. The molecule has 0 bridgehead atoms. The molecule has 2 heterocycles. The minimum Gasteiger partial charge on any atom is -0.341 e. The van der Waals surface area contributed by atoms with Crippen LogP contribution in [0.2, 0.25) is 0 Å². The van der Waals surface area contributed by atoms with E-state index in [9.17, 15) is 9.18 Å². The van der Waals surface area contributed by atoms with Crippen molar-refractivity contribution in [3.63, 3.8) is 0 Å². The Balaban J connectivity index is 2.45. The van der Waals surface area contributed by atoms with E-state index in [1.54, 1.807) is 12.1 Å². The van der Waals surface area contributed by atoms with Gasteiger partial charge in [0.15, 0.2) is 6.29 Å². The van der Waals surface area contributed by atoms with E-state index < -0.39 is 0 Å². The zero-order valence-corrected chi connectivity index (χ0v) is 7.67. The molecule has 0 saturated carbocycles. The zero-order chi connectivity index (χ0) is 10.4. The summed E-state index contributed by atoms with van der Waals surface area (Å²) in [7, 11) is 0. The van der Waals surface area contributed by atoms with E-state index in [-0.39, 0.29) is 5.82 Å². The lowest BCUT2D eigenvalue weighted by Crippen LogP contribution is -1.77. The highest BCUT2D eigenvalue weighted by Crippen LogP contribution is 2.25. The molecule has 0 saturated heterocycles. The van der Waals surface area contributed by atoms with Crippen LogP contribution in [0.1, 0.15) is 10.5 Å². The first-order valence-electron chi connectivity index (χ1n) is 4.53. The van der Waals surface area contributed by atoms with Crippen molar-refractivity contribution in [2.24, 2.45) is 0 Å². The highest BCUT2D eigenvalue weighted by atomic mass is 19.1. The fourth-order valence-corrected chi connectivity index (χ4v) is 1.84. The van der Waals surface area contributed by atoms with Crippen molar-refractivity contribution >= 4 is 28.2 Å². The summed E-state index contributed by atoms with van der Waals surface area (Å²) < 4.78 is 12.9. The maximum Gasteiger partial charge on any atom is 0.166 e. The van der Waals surface area contributed by atoms with Crippen molar-refractivity contribution in [1.82, 2.24) is 9.97 Å². The molecule has 0 aliphatic heterocycles. The molecule has 0 aliphatic carbocycles. The van der Waals surface area contributed by atoms with E-state index in [1.807, 2.05) is 0 Å². The summed E-state index contributed by atoms with van der Waals surface area (Å²) in [6.07, 6.45) is 0.753. The highest BCUT2D eigenvalue weighted by molar-refractivity contribution is 6.07. The summed E-state index contributed by atoms with van der Waals surface area (Å²) >= 11 is 0. The SMILES string of the molecule is O=Cc1cc2c([nH]1)[nH]c1cc(F)ccc12. The maximum atomic E-state index is 12.9. The van der Waals surface area contributed by atoms with Crippen molar-refractivity contribution in [3.05, 3.63) is 35.8 Å². The van der Waals surface area contributed by atoms with Gasteiger partial charge in [-0.2, -0.15) is 0 Å². The Morgan fingerprint density at radius 1 is 1.13 bits per heavy atom. The average molecular weight is 202 g/mol. The Morgan fingerprint density at radius 2 is 2.00 bits per heavy atom. The fraction of sp³-hybridized carbons (Fsp3) is 0. The molecule has 0 aliphatic rings. The van der Waals surface area contributed by atoms with Gasteiger partial charge in [-0.1, -0.05) is 0 Å². The number of nitrogens with one attached hydrogen (secondary N) is 2. The predicted molar refractivity (Wildman–Crippen MR) is 55.5 cm³/mol. The van der Waals surface area contributed by atoms with Gasteiger partial charge in [0, 0.05) is 10.8 Å². The predicted octanol–water partition coefficient (Wildman–Crippen LogP) is 2.60. The summed E-state index contributed by atoms with van der Waals surface area (Å²) in [6.45, 7) is 0. The number of aromatic amines is 2. The molecule has 74 valence electrons. The normalized spacial score (nSPS) is 11.3. The van der Waals surface area contributed by atoms with E-state index in [4.69, 9.17) is 0 Å². The van der Waals surface area contributed by atoms with Gasteiger partial charge >= 0.3 is 0 Å². The summed E-state index contributed by atoms with van der Waals surface area (Å²) in [5.41, 5.74) is 1.99. The number of hydrogen-bond acceptors (Lipinski definition) is 1. The first kappa shape index (κ1) is 8.23. The van der Waals surface area contributed by atoms with Gasteiger partial charge in [-0.05, 0) is 24.3 Å². The van der Waals surface area contributed by atoms with Crippen LogP contribution in [0.3, 0.4) is 0 Å². The molecule has 0 unspecified atom stereocenters. The maximum absolute atomic E-state index is 12.9. The summed E-state index contributed by atoms with van der Waals surface area (Å²) in [5, 5.41) is 1.82. The lowest BCUT2D eigenvalue weighted by molar-refractivity contribution is 0.112. The van der Waals surface area contributed by atoms with Crippen LogP contribution in [0.15, 0.2) is 24.3 Å². The number of halogens is 1. The molecular formula is C11H7FN2O. The van der Waals surface area contributed by atoms with E-state index in [0.717, 1.165) is 28.2 Å². The Bertz CT molecular complexity index is 666. The summed E-state index contributed by atoms with van der Waals surface area (Å²) in [4.78, 5) is 16.5. The number of hydrogen-bond donors (Lipinski definition) is 2. The first-order chi connectivity index (χ1) is 7.28. The monoisotopic (exact) mass is 202 g/mol. The number of carbonyl (C=O) groups is 1. The van der Waals surface area contributed by atoms with E-state index in [1.165, 1.54) is 12.1 Å². The van der Waals surface area contributed by atoms with Crippen LogP contribution in [0.25, 0.3) is 21.9 Å². The second-order valence-electron chi connectivity index (χ2n) is 3.45. The van der Waals surface area contributed by atoms with Gasteiger partial charge in [0.25, 0.3) is 0 Å². The second-order valence-corrected chi connectivity index (χ2v) is 3.45. The molecule has 4 heteroatoms. The van der Waals surface area contributed by atoms with E-state index >= 15 is 0 Å². The number of H-pyrrole nitrogens is 2. The zero-order valence-electron chi connectivity index (χ0n) is 7.67. The Hall–Kier alpha value is -2.10. The van der Waals surface area contributed by atoms with Gasteiger partial charge < -0.3 is 9.97 Å². The Labute approximate surface area is 83.9 Å². The Kier molecular flexibility index (Phi) is 1.48. The van der Waals surface area contributed by atoms with Crippen molar-refractivity contribution in [3.8, 4) is 0 Å². The number of aldehydes is 1. The third-order valence-electron chi connectivity index (χ3n) is 2.50. The molecule has 3 nitrogen and oxygen atoms in total. The lowest BCUT2D eigenvalue weighted by Gasteiger charge is -1.89. The molecule has 2 N–H and O–H groups in total. The van der Waals surface area contributed by atoms with Crippen molar-refractivity contribution < 1.29 is 9.18 Å². The van der Waals surface area contributed by atoms with Crippen LogP contribution in [0, 0.1) is 5.82 Å². The van der Waals surface area contributed by atoms with Gasteiger partial charge in [0.2, 0.25) is 0 Å². The highest BCUT2D eigenvalue weighted by Gasteiger charge is 2.07. The van der Waals surface area contributed by atoms with E-state index in [0.29, 0.717) is 5.69 Å². The minimum absolute atomic E-state index is 0.276. The smallest absolute Gasteiger partial charge is 0.166 e. The van der Waals surface area contributed by atoms with Crippen LogP contribution in [0.4, 0.5) is 4.39 Å². The molecule has 0 atom stereocenters. The fourth-order valence-electron chi connectivity index (χ4n) is 1.84. The minimum atomic E-state index is -0.276. The second kappa shape index (κ2) is 2.70. The third kappa shape index (κ3) is 1.08. The van der Waals surface area contributed by atoms with Crippen molar-refractivity contribution in [2.75, 3.05) is 0 Å². The quantitative estimate of drug-likeness (QED) is 0.585. The standard InChI is InChI=1S/C11H7FN2O/c12-6-1-2-8-9-4-7(5-15)13-11(9)14-10(8)3-6/h1-5,13-14H. The summed E-state index contributed by atoms with van der Waals surface area (Å²) in [5.74, 6) is -0.276. The van der Waals surface area contributed by atoms with Crippen LogP contribution < -0.4 is 0 Å². The molecule has 0 fully saturated rings. The van der Waals surface area contributed by atoms with Gasteiger partial charge in [-0.3, -0.25) is 4.79 Å². The number of benzene rings is 1. The van der Waals surface area contributed by atoms with Crippen LogP contribution in [0.5, 0.6) is 0 Å². The summed E-state index contributed by atoms with van der Waals surface area (Å²) in [6, 6.07) is 6.29. The van der Waals surface area contributed by atoms with Crippen molar-refractivity contribution in [2.45, 2.75) is 0 Å². The first-order valence-corrected chi connectivity index (χ1v) is 4.53. The van der Waals surface area contributed by atoms with Gasteiger partial charge in [-0.25, -0.2) is 4.39 Å². The largest absolute Gasteiger partial charge is 0.341 e. The van der Waals surface area contributed by atoms with Crippen LogP contribution >= 0.6 is 0 Å². The van der Waals surface area contributed by atoms with Crippen LogP contribution in [-0.4, -0.2) is 16.3 Å². The lowest BCUT2D eigenvalue weighted by atomic mass is 10.2. The molecule has 0 radical (unpaired) electrons. The number of rotatable bonds is 1. The van der Waals surface area contributed by atoms with Gasteiger partial charge in [-0.15, -0.1) is 0 Å². The number of carbonyl (C=O) groups excluding carboxylic acids is 1. The molecule has 1 aromatic carbocycles. The molecule has 0 spiro atoms. The molecule has 15 heavy (non-hydrogen) atoms. The molecular weight excluding hydrogens is 195 g/mol. The van der Waals surface area contributed by atoms with Crippen molar-refractivity contribution in [1.29, 1.82) is 0 Å². The van der Waals surface area contributed by atoms with Gasteiger partial charge in [0.1, 0.15) is 11.5 Å². The topological polar surface area (TPSA) is 48.6 Å². The molecule has 3 rings (SSSR count). The molecule has 0 amide bonds. The molecule has 3 aromatic rings.